The monoisotopic (exact) mass is 520 g/mol. The zero-order valence-corrected chi connectivity index (χ0v) is 20.7. The van der Waals surface area contributed by atoms with Crippen molar-refractivity contribution in [1.82, 2.24) is 9.13 Å². The molecular formula is C26H20Cl2N2Zr. The van der Waals surface area contributed by atoms with Crippen molar-refractivity contribution in [3.05, 3.63) is 122 Å². The average Bonchev–Trinajstić information content (AvgIpc) is 3.60. The molecule has 0 spiro atoms. The first-order valence-electron chi connectivity index (χ1n) is 9.82. The second-order valence-corrected chi connectivity index (χ2v) is 10.7. The van der Waals surface area contributed by atoms with Crippen LogP contribution in [0, 0.1) is 0 Å². The molecule has 0 fully saturated rings. The summed E-state index contributed by atoms with van der Waals surface area (Å²) < 4.78 is 4.25. The first-order valence-corrected chi connectivity index (χ1v) is 16.2. The van der Waals surface area contributed by atoms with E-state index in [1.54, 1.807) is 0 Å². The summed E-state index contributed by atoms with van der Waals surface area (Å²) >= 11 is -0.826. The first-order chi connectivity index (χ1) is 15.3. The fraction of sp³-hybridized carbons (Fsp3) is 0. The van der Waals surface area contributed by atoms with Crippen molar-refractivity contribution < 1.29 is 20.8 Å². The van der Waals surface area contributed by atoms with Gasteiger partial charge in [-0.2, -0.15) is 0 Å². The fourth-order valence-electron chi connectivity index (χ4n) is 3.58. The van der Waals surface area contributed by atoms with Gasteiger partial charge >= 0.3 is 37.9 Å². The summed E-state index contributed by atoms with van der Waals surface area (Å²) in [6.45, 7) is 0. The Morgan fingerprint density at radius 3 is 1.26 bits per heavy atom. The van der Waals surface area contributed by atoms with Crippen LogP contribution >= 0.6 is 17.0 Å². The van der Waals surface area contributed by atoms with E-state index in [1.807, 2.05) is 24.3 Å². The van der Waals surface area contributed by atoms with Crippen LogP contribution in [0.25, 0.3) is 32.9 Å². The molecule has 2 heterocycles. The van der Waals surface area contributed by atoms with E-state index in [0.717, 1.165) is 0 Å². The van der Waals surface area contributed by atoms with E-state index in [-0.39, 0.29) is 0 Å². The van der Waals surface area contributed by atoms with Crippen molar-refractivity contribution in [3.63, 3.8) is 0 Å². The topological polar surface area (TPSA) is 9.86 Å². The van der Waals surface area contributed by atoms with Crippen molar-refractivity contribution >= 4 is 38.6 Å². The van der Waals surface area contributed by atoms with Gasteiger partial charge in [0.2, 0.25) is 0 Å². The van der Waals surface area contributed by atoms with Crippen LogP contribution < -0.4 is 0 Å². The van der Waals surface area contributed by atoms with Gasteiger partial charge in [0, 0.05) is 24.8 Å². The maximum Gasteiger partial charge on any atom is 0.00705 e. The Hall–Kier alpha value is -2.32. The van der Waals surface area contributed by atoms with Crippen molar-refractivity contribution in [2.45, 2.75) is 0 Å². The molecule has 0 aliphatic carbocycles. The Bertz CT molecular complexity index is 1160. The minimum atomic E-state index is -0.826. The van der Waals surface area contributed by atoms with Crippen LogP contribution in [0.1, 0.15) is 0 Å². The van der Waals surface area contributed by atoms with Crippen molar-refractivity contribution in [2.24, 2.45) is 0 Å². The van der Waals surface area contributed by atoms with E-state index < -0.39 is 20.8 Å². The van der Waals surface area contributed by atoms with Crippen LogP contribution in [0.4, 0.5) is 0 Å². The fourth-order valence-corrected chi connectivity index (χ4v) is 3.58. The van der Waals surface area contributed by atoms with E-state index in [9.17, 15) is 0 Å². The van der Waals surface area contributed by atoms with E-state index in [4.69, 9.17) is 17.0 Å². The minimum absolute atomic E-state index is 0.826. The normalized spacial score (nSPS) is 10.1. The van der Waals surface area contributed by atoms with Crippen LogP contribution in [0.3, 0.4) is 0 Å². The molecule has 0 aliphatic heterocycles. The van der Waals surface area contributed by atoms with Crippen LogP contribution in [-0.4, -0.2) is 9.13 Å². The first kappa shape index (κ1) is 21.9. The summed E-state index contributed by atoms with van der Waals surface area (Å²) in [6, 6.07) is 33.8. The van der Waals surface area contributed by atoms with Gasteiger partial charge in [0.15, 0.2) is 0 Å². The van der Waals surface area contributed by atoms with E-state index in [0.29, 0.717) is 0 Å². The van der Waals surface area contributed by atoms with Crippen LogP contribution in [0.2, 0.25) is 0 Å². The molecule has 0 N–H and O–H groups in total. The molecule has 0 aliphatic rings. The van der Waals surface area contributed by atoms with Crippen LogP contribution in [0.15, 0.2) is 122 Å². The molecule has 0 saturated heterocycles. The number of rotatable bonds is 2. The van der Waals surface area contributed by atoms with Gasteiger partial charge in [0.1, 0.15) is 0 Å². The standard InChI is InChI=1S/2C13H10N.2ClH.Zr/c2*1-2-6-12-10-13(9-11(12)5-1)14-7-3-4-8-14;;;/h2*1-10H;2*1H;/q2*-1;;;+4/p-2. The molecule has 31 heavy (non-hydrogen) atoms. The predicted octanol–water partition coefficient (Wildman–Crippen LogP) is 8.08. The van der Waals surface area contributed by atoms with Crippen molar-refractivity contribution in [3.8, 4) is 11.4 Å². The van der Waals surface area contributed by atoms with Crippen molar-refractivity contribution in [2.75, 3.05) is 0 Å². The maximum absolute atomic E-state index is 4.93. The molecule has 0 radical (unpaired) electrons. The molecule has 0 atom stereocenters. The summed E-state index contributed by atoms with van der Waals surface area (Å²) in [5, 5.41) is 5.21. The number of aromatic nitrogens is 2. The second kappa shape index (κ2) is 10.8. The molecule has 0 bridgehead atoms. The van der Waals surface area contributed by atoms with Gasteiger partial charge in [-0.1, -0.05) is 12.1 Å². The third-order valence-electron chi connectivity index (χ3n) is 5.01. The zero-order chi connectivity index (χ0) is 21.5. The maximum atomic E-state index is 4.93. The molecule has 0 unspecified atom stereocenters. The summed E-state index contributed by atoms with van der Waals surface area (Å²) in [7, 11) is 9.87. The number of benzene rings is 2. The van der Waals surface area contributed by atoms with Gasteiger partial charge in [-0.05, 0) is 35.6 Å². The second-order valence-electron chi connectivity index (χ2n) is 6.94. The molecule has 5 heteroatoms. The summed E-state index contributed by atoms with van der Waals surface area (Å²) in [5.74, 6) is 0. The summed E-state index contributed by atoms with van der Waals surface area (Å²) in [5.41, 5.74) is 2.47. The Balaban J connectivity index is 0.000000133. The van der Waals surface area contributed by atoms with Gasteiger partial charge in [-0.25, -0.2) is 0 Å². The number of fused-ring (bicyclic) bond motifs is 2. The predicted molar refractivity (Wildman–Crippen MR) is 129 cm³/mol. The molecule has 6 rings (SSSR count). The SMILES string of the molecule is [Cl][Zr+2][Cl].c1ccc2[cH-]c(-n3cccc3)cc2c1.c1ccc2[cH-]c(-n3cccc3)cc2c1. The largest absolute Gasteiger partial charge is 0.342 e. The Kier molecular flexibility index (Phi) is 7.64. The Morgan fingerprint density at radius 2 is 0.903 bits per heavy atom. The molecular weight excluding hydrogens is 502 g/mol. The van der Waals surface area contributed by atoms with Gasteiger partial charge in [-0.15, -0.1) is 82.2 Å². The number of hydrogen-bond acceptors (Lipinski definition) is 0. The number of halogens is 2. The molecule has 4 aromatic carbocycles. The van der Waals surface area contributed by atoms with Gasteiger partial charge < -0.3 is 9.13 Å². The van der Waals surface area contributed by atoms with Crippen molar-refractivity contribution in [1.29, 1.82) is 0 Å². The smallest absolute Gasteiger partial charge is 0.00705 e. The quantitative estimate of drug-likeness (QED) is 0.204. The van der Waals surface area contributed by atoms with Gasteiger partial charge in [-0.3, -0.25) is 0 Å². The average molecular weight is 523 g/mol. The molecule has 2 aromatic heterocycles. The van der Waals surface area contributed by atoms with E-state index in [2.05, 4.69) is 107 Å². The van der Waals surface area contributed by atoms with Gasteiger partial charge in [0.05, 0.1) is 0 Å². The Morgan fingerprint density at radius 1 is 0.548 bits per heavy atom. The zero-order valence-electron chi connectivity index (χ0n) is 16.7. The van der Waals surface area contributed by atoms with Crippen LogP contribution in [-0.2, 0) is 20.8 Å². The molecule has 6 aromatic rings. The molecule has 152 valence electrons. The number of hydrogen-bond donors (Lipinski definition) is 0. The molecule has 0 saturated carbocycles. The minimum Gasteiger partial charge on any atom is -0.342 e. The Labute approximate surface area is 200 Å². The van der Waals surface area contributed by atoms with Crippen LogP contribution in [0.5, 0.6) is 0 Å². The third kappa shape index (κ3) is 5.49. The van der Waals surface area contributed by atoms with E-state index in [1.165, 1.54) is 32.9 Å². The van der Waals surface area contributed by atoms with Gasteiger partial charge in [0.25, 0.3) is 0 Å². The molecule has 0 amide bonds. The number of nitrogens with zero attached hydrogens (tertiary/aromatic N) is 2. The molecule has 2 nitrogen and oxygen atoms in total. The third-order valence-corrected chi connectivity index (χ3v) is 5.01. The summed E-state index contributed by atoms with van der Waals surface area (Å²) in [4.78, 5) is 0. The van der Waals surface area contributed by atoms with E-state index >= 15 is 0 Å². The summed E-state index contributed by atoms with van der Waals surface area (Å²) in [6.07, 6.45) is 8.25.